The lowest BCUT2D eigenvalue weighted by Crippen LogP contribution is -2.42. The van der Waals surface area contributed by atoms with E-state index >= 15 is 0 Å². The number of rotatable bonds is 4. The first-order valence-corrected chi connectivity index (χ1v) is 7.45. The van der Waals surface area contributed by atoms with E-state index in [4.69, 9.17) is 5.73 Å². The topological polar surface area (TPSA) is 99.0 Å². The van der Waals surface area contributed by atoms with Crippen LogP contribution < -0.4 is 11.3 Å². The van der Waals surface area contributed by atoms with Gasteiger partial charge in [-0.2, -0.15) is 5.10 Å². The normalized spacial score (nSPS) is 19.6. The number of nitrogens with zero attached hydrogens (tertiary/aromatic N) is 5. The maximum Gasteiger partial charge on any atom is 0.281 e. The van der Waals surface area contributed by atoms with Crippen LogP contribution in [0.3, 0.4) is 0 Å². The molecule has 0 radical (unpaired) electrons. The number of fused-ring (bicyclic) bond motifs is 1. The van der Waals surface area contributed by atoms with Crippen molar-refractivity contribution in [3.63, 3.8) is 0 Å². The number of aryl methyl sites for hydroxylation is 1. The quantitative estimate of drug-likeness (QED) is 0.807. The zero-order chi connectivity index (χ0) is 15.7. The summed E-state index contributed by atoms with van der Waals surface area (Å²) >= 11 is 0. The van der Waals surface area contributed by atoms with E-state index in [9.17, 15) is 9.59 Å². The highest BCUT2D eigenvalue weighted by Crippen LogP contribution is 2.15. The molecule has 2 aromatic rings. The average Bonchev–Trinajstić information content (AvgIpc) is 2.88. The highest BCUT2D eigenvalue weighted by Gasteiger charge is 2.23. The first kappa shape index (κ1) is 14.7. The molecule has 22 heavy (non-hydrogen) atoms. The molecule has 2 N–H and O–H groups in total. The van der Waals surface area contributed by atoms with Gasteiger partial charge in [0.1, 0.15) is 5.52 Å². The second kappa shape index (κ2) is 5.88. The molecule has 1 aliphatic rings. The molecule has 8 heteroatoms. The molecule has 8 nitrogen and oxygen atoms in total. The molecule has 0 aliphatic carbocycles. The van der Waals surface area contributed by atoms with E-state index in [1.165, 1.54) is 0 Å². The number of nitrogens with two attached hydrogens (primary N) is 1. The van der Waals surface area contributed by atoms with E-state index < -0.39 is 0 Å². The van der Waals surface area contributed by atoms with Crippen molar-refractivity contribution in [2.75, 3.05) is 19.6 Å². The van der Waals surface area contributed by atoms with Crippen LogP contribution in [-0.2, 0) is 18.4 Å². The fourth-order valence-corrected chi connectivity index (χ4v) is 2.94. The largest absolute Gasteiger partial charge is 0.369 e. The van der Waals surface area contributed by atoms with E-state index in [0.29, 0.717) is 30.7 Å². The van der Waals surface area contributed by atoms with Crippen molar-refractivity contribution in [3.05, 3.63) is 22.9 Å². The molecular weight excluding hydrogens is 284 g/mol. The average molecular weight is 304 g/mol. The van der Waals surface area contributed by atoms with Crippen LogP contribution in [0.5, 0.6) is 0 Å². The SMILES string of the molecule is Cn1cc2ncn(CCN3CCC[C@@H](C(N)=O)C3)c(=O)c2n1. The lowest BCUT2D eigenvalue weighted by Gasteiger charge is -2.31. The molecule has 0 spiro atoms. The summed E-state index contributed by atoms with van der Waals surface area (Å²) in [5.74, 6) is -0.319. The predicted octanol–water partition coefficient (Wildman–Crippen LogP) is -0.673. The van der Waals surface area contributed by atoms with Gasteiger partial charge >= 0.3 is 0 Å². The Balaban J connectivity index is 1.70. The monoisotopic (exact) mass is 304 g/mol. The van der Waals surface area contributed by atoms with Crippen LogP contribution >= 0.6 is 0 Å². The van der Waals surface area contributed by atoms with Gasteiger partial charge in [0.2, 0.25) is 5.91 Å². The Morgan fingerprint density at radius 3 is 3.05 bits per heavy atom. The summed E-state index contributed by atoms with van der Waals surface area (Å²) in [6, 6.07) is 0. The van der Waals surface area contributed by atoms with Gasteiger partial charge in [0, 0.05) is 26.7 Å². The number of piperidine rings is 1. The van der Waals surface area contributed by atoms with Gasteiger partial charge in [0.05, 0.1) is 18.4 Å². The van der Waals surface area contributed by atoms with Gasteiger partial charge in [0.25, 0.3) is 5.56 Å². The summed E-state index contributed by atoms with van der Waals surface area (Å²) in [7, 11) is 1.77. The third-order valence-corrected chi connectivity index (χ3v) is 4.17. The summed E-state index contributed by atoms with van der Waals surface area (Å²) in [5.41, 5.74) is 6.25. The van der Waals surface area contributed by atoms with Gasteiger partial charge in [-0.1, -0.05) is 0 Å². The predicted molar refractivity (Wildman–Crippen MR) is 81.1 cm³/mol. The fraction of sp³-hybridized carbons (Fsp3) is 0.571. The highest BCUT2D eigenvalue weighted by atomic mass is 16.1. The smallest absolute Gasteiger partial charge is 0.281 e. The lowest BCUT2D eigenvalue weighted by molar-refractivity contribution is -0.123. The van der Waals surface area contributed by atoms with Crippen LogP contribution in [0.25, 0.3) is 11.0 Å². The minimum atomic E-state index is -0.238. The van der Waals surface area contributed by atoms with Crippen molar-refractivity contribution < 1.29 is 4.79 Å². The lowest BCUT2D eigenvalue weighted by atomic mass is 9.97. The van der Waals surface area contributed by atoms with E-state index in [1.54, 1.807) is 28.8 Å². The summed E-state index contributed by atoms with van der Waals surface area (Å²) in [6.07, 6.45) is 5.10. The summed E-state index contributed by atoms with van der Waals surface area (Å²) in [5, 5.41) is 4.15. The molecule has 3 rings (SSSR count). The second-order valence-corrected chi connectivity index (χ2v) is 5.82. The highest BCUT2D eigenvalue weighted by molar-refractivity contribution is 5.77. The molecule has 1 fully saturated rings. The molecule has 1 aliphatic heterocycles. The number of aromatic nitrogens is 4. The Kier molecular flexibility index (Phi) is 3.93. The Bertz CT molecular complexity index is 749. The van der Waals surface area contributed by atoms with Crippen LogP contribution in [0.4, 0.5) is 0 Å². The Morgan fingerprint density at radius 1 is 1.45 bits per heavy atom. The van der Waals surface area contributed by atoms with E-state index in [0.717, 1.165) is 19.4 Å². The molecule has 0 bridgehead atoms. The van der Waals surface area contributed by atoms with Gasteiger partial charge in [0.15, 0.2) is 5.52 Å². The third kappa shape index (κ3) is 2.87. The minimum Gasteiger partial charge on any atom is -0.369 e. The van der Waals surface area contributed by atoms with Gasteiger partial charge in [-0.15, -0.1) is 0 Å². The summed E-state index contributed by atoms with van der Waals surface area (Å²) < 4.78 is 3.16. The number of hydrogen-bond donors (Lipinski definition) is 1. The standard InChI is InChI=1S/C14H20N6O2/c1-18-8-11-12(17-18)14(22)20(9-16-11)6-5-19-4-2-3-10(7-19)13(15)21/h8-10H,2-7H2,1H3,(H2,15,21)/t10-/m1/s1. The molecule has 0 unspecified atom stereocenters. The number of primary amides is 1. The number of carbonyl (C=O) groups is 1. The third-order valence-electron chi connectivity index (χ3n) is 4.17. The number of amides is 1. The van der Waals surface area contributed by atoms with Crippen molar-refractivity contribution in [1.29, 1.82) is 0 Å². The molecule has 3 heterocycles. The van der Waals surface area contributed by atoms with Crippen LogP contribution in [0.2, 0.25) is 0 Å². The first-order chi connectivity index (χ1) is 10.5. The van der Waals surface area contributed by atoms with E-state index in [2.05, 4.69) is 15.0 Å². The maximum absolute atomic E-state index is 12.3. The van der Waals surface area contributed by atoms with Crippen LogP contribution in [-0.4, -0.2) is 49.8 Å². The van der Waals surface area contributed by atoms with Crippen molar-refractivity contribution in [2.45, 2.75) is 19.4 Å². The second-order valence-electron chi connectivity index (χ2n) is 5.82. The van der Waals surface area contributed by atoms with Crippen molar-refractivity contribution in [3.8, 4) is 0 Å². The van der Waals surface area contributed by atoms with Crippen LogP contribution in [0.1, 0.15) is 12.8 Å². The minimum absolute atomic E-state index is 0.0816. The van der Waals surface area contributed by atoms with E-state index in [1.807, 2.05) is 0 Å². The van der Waals surface area contributed by atoms with Crippen LogP contribution in [0.15, 0.2) is 17.3 Å². The molecule has 0 saturated carbocycles. The van der Waals surface area contributed by atoms with Gasteiger partial charge in [-0.25, -0.2) is 4.98 Å². The zero-order valence-electron chi connectivity index (χ0n) is 12.6. The molecule has 1 atom stereocenters. The fourth-order valence-electron chi connectivity index (χ4n) is 2.94. The van der Waals surface area contributed by atoms with E-state index in [-0.39, 0.29) is 17.4 Å². The van der Waals surface area contributed by atoms with Gasteiger partial charge in [-0.05, 0) is 19.4 Å². The Morgan fingerprint density at radius 2 is 2.27 bits per heavy atom. The molecule has 1 saturated heterocycles. The maximum atomic E-state index is 12.3. The molecule has 2 aromatic heterocycles. The zero-order valence-corrected chi connectivity index (χ0v) is 12.6. The van der Waals surface area contributed by atoms with Gasteiger partial charge < -0.3 is 10.6 Å². The Hall–Kier alpha value is -2.22. The van der Waals surface area contributed by atoms with Gasteiger partial charge in [-0.3, -0.25) is 18.8 Å². The molecular formula is C14H20N6O2. The summed E-state index contributed by atoms with van der Waals surface area (Å²) in [4.78, 5) is 30.1. The number of likely N-dealkylation sites (tertiary alicyclic amines) is 1. The molecule has 0 aromatic carbocycles. The van der Waals surface area contributed by atoms with Crippen molar-refractivity contribution in [2.24, 2.45) is 18.7 Å². The molecule has 118 valence electrons. The van der Waals surface area contributed by atoms with Crippen LogP contribution in [0, 0.1) is 5.92 Å². The number of carbonyl (C=O) groups excluding carboxylic acids is 1. The van der Waals surface area contributed by atoms with Crippen molar-refractivity contribution in [1.82, 2.24) is 24.2 Å². The summed E-state index contributed by atoms with van der Waals surface area (Å²) in [6.45, 7) is 2.83. The van der Waals surface area contributed by atoms with Crippen molar-refractivity contribution >= 4 is 16.9 Å². The molecule has 1 amide bonds. The first-order valence-electron chi connectivity index (χ1n) is 7.45. The Labute approximate surface area is 127 Å². The number of hydrogen-bond acceptors (Lipinski definition) is 5.